The van der Waals surface area contributed by atoms with Gasteiger partial charge < -0.3 is 15.0 Å². The number of hydrogen-bond donors (Lipinski definition) is 1. The molecule has 0 spiro atoms. The van der Waals surface area contributed by atoms with E-state index in [4.69, 9.17) is 16.3 Å². The molecule has 0 fully saturated rings. The van der Waals surface area contributed by atoms with Crippen molar-refractivity contribution in [2.24, 2.45) is 0 Å². The van der Waals surface area contributed by atoms with Crippen LogP contribution in [-0.2, 0) is 38.8 Å². The summed E-state index contributed by atoms with van der Waals surface area (Å²) in [5, 5.41) is 2.11. The van der Waals surface area contributed by atoms with E-state index in [9.17, 15) is 31.2 Å². The number of methoxy groups -OCH3 is 1. The van der Waals surface area contributed by atoms with Crippen LogP contribution in [0.25, 0.3) is 0 Å². The van der Waals surface area contributed by atoms with Crippen molar-refractivity contribution >= 4 is 39.1 Å². The standard InChI is InChI=1S/C29H31ClF3N3O5S/c1-4-34-28(38)26(16-20-9-6-5-7-10-20)35(18-21-11-8-12-23(15-21)41-2)27(37)19-36(42(3,39)40)22-13-14-25(30)24(17-22)29(31,32)33/h5-15,17,26H,4,16,18-19H2,1-3H3,(H,34,38). The molecule has 226 valence electrons. The van der Waals surface area contributed by atoms with Gasteiger partial charge in [0.2, 0.25) is 21.8 Å². The molecule has 3 aromatic carbocycles. The Bertz CT molecular complexity index is 1500. The molecule has 3 rings (SSSR count). The maximum atomic E-state index is 14.0. The number of carbonyl (C=O) groups excluding carboxylic acids is 2. The van der Waals surface area contributed by atoms with Crippen LogP contribution < -0.4 is 14.4 Å². The summed E-state index contributed by atoms with van der Waals surface area (Å²) in [6.45, 7) is 1.00. The molecule has 42 heavy (non-hydrogen) atoms. The first-order chi connectivity index (χ1) is 19.7. The zero-order valence-electron chi connectivity index (χ0n) is 23.2. The Labute approximate surface area is 248 Å². The van der Waals surface area contributed by atoms with Crippen LogP contribution in [0, 0.1) is 0 Å². The van der Waals surface area contributed by atoms with Crippen LogP contribution in [0.3, 0.4) is 0 Å². The first-order valence-corrected chi connectivity index (χ1v) is 15.1. The average molecular weight is 626 g/mol. The van der Waals surface area contributed by atoms with Crippen LogP contribution in [-0.4, -0.2) is 57.6 Å². The number of likely N-dealkylation sites (N-methyl/N-ethyl adjacent to an activating group) is 1. The molecule has 0 aliphatic heterocycles. The molecule has 1 atom stereocenters. The Balaban J connectivity index is 2.10. The van der Waals surface area contributed by atoms with Crippen molar-refractivity contribution in [3.8, 4) is 5.75 Å². The number of anilines is 1. The van der Waals surface area contributed by atoms with Crippen LogP contribution in [0.4, 0.5) is 18.9 Å². The van der Waals surface area contributed by atoms with E-state index in [0.717, 1.165) is 24.0 Å². The van der Waals surface area contributed by atoms with Gasteiger partial charge in [-0.25, -0.2) is 8.42 Å². The maximum absolute atomic E-state index is 14.0. The lowest BCUT2D eigenvalue weighted by Gasteiger charge is -2.33. The molecule has 0 aromatic heterocycles. The molecular weight excluding hydrogens is 595 g/mol. The van der Waals surface area contributed by atoms with Gasteiger partial charge in [0.25, 0.3) is 0 Å². The van der Waals surface area contributed by atoms with Gasteiger partial charge in [-0.05, 0) is 48.4 Å². The van der Waals surface area contributed by atoms with Crippen LogP contribution in [0.2, 0.25) is 5.02 Å². The second kappa shape index (κ2) is 13.9. The molecular formula is C29H31ClF3N3O5S. The van der Waals surface area contributed by atoms with Crippen molar-refractivity contribution in [1.29, 1.82) is 0 Å². The Morgan fingerprint density at radius 1 is 1.00 bits per heavy atom. The Hall–Kier alpha value is -3.77. The van der Waals surface area contributed by atoms with E-state index in [2.05, 4.69) is 5.32 Å². The predicted molar refractivity (Wildman–Crippen MR) is 155 cm³/mol. The Kier molecular flexibility index (Phi) is 10.9. The van der Waals surface area contributed by atoms with Gasteiger partial charge in [0.15, 0.2) is 0 Å². The summed E-state index contributed by atoms with van der Waals surface area (Å²) < 4.78 is 72.2. The molecule has 0 heterocycles. The Morgan fingerprint density at radius 3 is 2.26 bits per heavy atom. The van der Waals surface area contributed by atoms with Gasteiger partial charge in [-0.3, -0.25) is 13.9 Å². The minimum absolute atomic E-state index is 0.0976. The molecule has 2 amide bonds. The van der Waals surface area contributed by atoms with Gasteiger partial charge in [0, 0.05) is 19.5 Å². The highest BCUT2D eigenvalue weighted by Gasteiger charge is 2.36. The summed E-state index contributed by atoms with van der Waals surface area (Å²) in [5.74, 6) is -0.788. The van der Waals surface area contributed by atoms with Crippen molar-refractivity contribution < 1.29 is 35.9 Å². The fourth-order valence-corrected chi connectivity index (χ4v) is 5.38. The van der Waals surface area contributed by atoms with Crippen LogP contribution in [0.5, 0.6) is 5.75 Å². The molecule has 3 aromatic rings. The fraction of sp³-hybridized carbons (Fsp3) is 0.310. The van der Waals surface area contributed by atoms with Crippen LogP contribution in [0.1, 0.15) is 23.6 Å². The summed E-state index contributed by atoms with van der Waals surface area (Å²) in [7, 11) is -2.79. The minimum atomic E-state index is -4.86. The largest absolute Gasteiger partial charge is 0.497 e. The van der Waals surface area contributed by atoms with E-state index in [1.54, 1.807) is 61.5 Å². The lowest BCUT2D eigenvalue weighted by molar-refractivity contribution is -0.140. The van der Waals surface area contributed by atoms with E-state index < -0.39 is 56.9 Å². The smallest absolute Gasteiger partial charge is 0.417 e. The summed E-state index contributed by atoms with van der Waals surface area (Å²) in [6.07, 6.45) is -3.99. The zero-order valence-corrected chi connectivity index (χ0v) is 24.8. The number of nitrogens with zero attached hydrogens (tertiary/aromatic N) is 2. The van der Waals surface area contributed by atoms with Crippen molar-refractivity contribution in [2.75, 3.05) is 30.8 Å². The molecule has 0 radical (unpaired) electrons. The van der Waals surface area contributed by atoms with Gasteiger partial charge in [-0.2, -0.15) is 13.2 Å². The van der Waals surface area contributed by atoms with Gasteiger partial charge in [-0.15, -0.1) is 0 Å². The van der Waals surface area contributed by atoms with E-state index in [1.807, 2.05) is 0 Å². The van der Waals surface area contributed by atoms with Crippen LogP contribution >= 0.6 is 11.6 Å². The molecule has 13 heteroatoms. The molecule has 0 aliphatic rings. The molecule has 0 bridgehead atoms. The van der Waals surface area contributed by atoms with Crippen molar-refractivity contribution in [3.05, 3.63) is 94.5 Å². The molecule has 0 saturated heterocycles. The number of ether oxygens (including phenoxy) is 1. The van der Waals surface area contributed by atoms with Crippen LogP contribution in [0.15, 0.2) is 72.8 Å². The first-order valence-electron chi connectivity index (χ1n) is 12.8. The van der Waals surface area contributed by atoms with E-state index in [1.165, 1.54) is 12.0 Å². The normalized spacial score (nSPS) is 12.4. The maximum Gasteiger partial charge on any atom is 0.417 e. The van der Waals surface area contributed by atoms with E-state index in [-0.39, 0.29) is 19.5 Å². The monoisotopic (exact) mass is 625 g/mol. The second-order valence-electron chi connectivity index (χ2n) is 9.40. The average Bonchev–Trinajstić information content (AvgIpc) is 2.93. The van der Waals surface area contributed by atoms with Crippen molar-refractivity contribution in [2.45, 2.75) is 32.1 Å². The summed E-state index contributed by atoms with van der Waals surface area (Å²) in [6, 6.07) is 17.2. The first kappa shape index (κ1) is 32.7. The number of benzene rings is 3. The number of rotatable bonds is 12. The molecule has 0 saturated carbocycles. The van der Waals surface area contributed by atoms with Gasteiger partial charge >= 0.3 is 6.18 Å². The molecule has 1 unspecified atom stereocenters. The third-order valence-electron chi connectivity index (χ3n) is 6.33. The highest BCUT2D eigenvalue weighted by Crippen LogP contribution is 2.37. The van der Waals surface area contributed by atoms with Crippen molar-refractivity contribution in [3.63, 3.8) is 0 Å². The third kappa shape index (κ3) is 8.62. The van der Waals surface area contributed by atoms with Gasteiger partial charge in [-0.1, -0.05) is 54.1 Å². The lowest BCUT2D eigenvalue weighted by Crippen LogP contribution is -2.53. The third-order valence-corrected chi connectivity index (χ3v) is 7.80. The number of carbonyl (C=O) groups is 2. The quantitative estimate of drug-likeness (QED) is 0.309. The number of hydrogen-bond acceptors (Lipinski definition) is 5. The fourth-order valence-electron chi connectivity index (χ4n) is 4.31. The lowest BCUT2D eigenvalue weighted by atomic mass is 10.0. The minimum Gasteiger partial charge on any atom is -0.497 e. The summed E-state index contributed by atoms with van der Waals surface area (Å²) >= 11 is 5.74. The number of halogens is 4. The topological polar surface area (TPSA) is 96.0 Å². The number of amides is 2. The number of sulfonamides is 1. The number of nitrogens with one attached hydrogen (secondary N) is 1. The summed E-state index contributed by atoms with van der Waals surface area (Å²) in [4.78, 5) is 28.6. The van der Waals surface area contributed by atoms with Crippen molar-refractivity contribution in [1.82, 2.24) is 10.2 Å². The van der Waals surface area contributed by atoms with E-state index in [0.29, 0.717) is 21.7 Å². The van der Waals surface area contributed by atoms with Gasteiger partial charge in [0.05, 0.1) is 29.6 Å². The Morgan fingerprint density at radius 2 is 1.67 bits per heavy atom. The molecule has 8 nitrogen and oxygen atoms in total. The zero-order chi connectivity index (χ0) is 31.1. The molecule has 0 aliphatic carbocycles. The highest BCUT2D eigenvalue weighted by molar-refractivity contribution is 7.92. The summed E-state index contributed by atoms with van der Waals surface area (Å²) in [5.41, 5.74) is -0.326. The van der Waals surface area contributed by atoms with E-state index >= 15 is 0 Å². The predicted octanol–water partition coefficient (Wildman–Crippen LogP) is 4.91. The number of alkyl halides is 3. The molecule has 1 N–H and O–H groups in total. The second-order valence-corrected chi connectivity index (χ2v) is 11.7. The highest BCUT2D eigenvalue weighted by atomic mass is 35.5. The SMILES string of the molecule is CCNC(=O)C(Cc1ccccc1)N(Cc1cccc(OC)c1)C(=O)CN(c1ccc(Cl)c(C(F)(F)F)c1)S(C)(=O)=O. The van der Waals surface area contributed by atoms with Gasteiger partial charge in [0.1, 0.15) is 18.3 Å².